The van der Waals surface area contributed by atoms with Crippen molar-refractivity contribution in [3.05, 3.63) is 102 Å². The molecule has 152 valence electrons. The average molecular weight is 417 g/mol. The Labute approximate surface area is 177 Å². The standard InChI is InChI=1S/C25H24N2O2S/c28-30(29,19-20-11-4-1-5-12-20)18-10-17-23-26-24(21-13-6-2-7-14-21)25(27-23)22-15-8-3-9-16-22/h1-9,11-16H,10,17-19H2,(H,26,27). The summed E-state index contributed by atoms with van der Waals surface area (Å²) in [5, 5.41) is 0. The maximum atomic E-state index is 12.5. The highest BCUT2D eigenvalue weighted by Crippen LogP contribution is 2.30. The van der Waals surface area contributed by atoms with Gasteiger partial charge in [-0.2, -0.15) is 0 Å². The van der Waals surface area contributed by atoms with Gasteiger partial charge in [-0.3, -0.25) is 0 Å². The van der Waals surface area contributed by atoms with Crippen LogP contribution in [0.5, 0.6) is 0 Å². The summed E-state index contributed by atoms with van der Waals surface area (Å²) in [5.41, 5.74) is 4.78. The van der Waals surface area contributed by atoms with Gasteiger partial charge in [-0.1, -0.05) is 91.0 Å². The number of nitrogens with zero attached hydrogens (tertiary/aromatic N) is 1. The Morgan fingerprint density at radius 3 is 1.93 bits per heavy atom. The van der Waals surface area contributed by atoms with Crippen LogP contribution in [-0.4, -0.2) is 24.1 Å². The summed E-state index contributed by atoms with van der Waals surface area (Å²) in [6, 6.07) is 29.5. The van der Waals surface area contributed by atoms with Crippen molar-refractivity contribution in [3.8, 4) is 22.5 Å². The van der Waals surface area contributed by atoms with Crippen LogP contribution in [0, 0.1) is 0 Å². The second-order valence-electron chi connectivity index (χ2n) is 7.32. The number of hydrogen-bond donors (Lipinski definition) is 1. The molecule has 3 aromatic carbocycles. The highest BCUT2D eigenvalue weighted by atomic mass is 32.2. The molecule has 0 radical (unpaired) electrons. The van der Waals surface area contributed by atoms with E-state index in [1.54, 1.807) is 0 Å². The van der Waals surface area contributed by atoms with Gasteiger partial charge < -0.3 is 4.98 Å². The van der Waals surface area contributed by atoms with E-state index in [1.165, 1.54) is 0 Å². The predicted molar refractivity (Wildman–Crippen MR) is 122 cm³/mol. The first-order chi connectivity index (χ1) is 14.6. The predicted octanol–water partition coefficient (Wildman–Crippen LogP) is 5.29. The number of nitrogens with one attached hydrogen (secondary N) is 1. The van der Waals surface area contributed by atoms with Crippen LogP contribution in [-0.2, 0) is 22.0 Å². The number of aromatic nitrogens is 2. The molecule has 0 saturated carbocycles. The number of aromatic amines is 1. The van der Waals surface area contributed by atoms with Crippen molar-refractivity contribution in [2.24, 2.45) is 0 Å². The fraction of sp³-hybridized carbons (Fsp3) is 0.160. The highest BCUT2D eigenvalue weighted by Gasteiger charge is 2.16. The lowest BCUT2D eigenvalue weighted by Gasteiger charge is -2.04. The summed E-state index contributed by atoms with van der Waals surface area (Å²) in [7, 11) is -3.15. The molecule has 0 aliphatic carbocycles. The average Bonchev–Trinajstić information content (AvgIpc) is 3.19. The van der Waals surface area contributed by atoms with Crippen molar-refractivity contribution >= 4 is 9.84 Å². The van der Waals surface area contributed by atoms with E-state index in [0.29, 0.717) is 12.8 Å². The highest BCUT2D eigenvalue weighted by molar-refractivity contribution is 7.90. The van der Waals surface area contributed by atoms with Gasteiger partial charge in [0, 0.05) is 17.5 Å². The molecule has 4 aromatic rings. The molecule has 0 unspecified atom stereocenters. The second-order valence-corrected chi connectivity index (χ2v) is 9.50. The molecule has 0 fully saturated rings. The number of benzene rings is 3. The zero-order valence-electron chi connectivity index (χ0n) is 16.7. The zero-order chi connectivity index (χ0) is 20.8. The SMILES string of the molecule is O=S(=O)(CCCc1nc(-c2ccccc2)c(-c2ccccc2)[nH]1)Cc1ccccc1. The molecule has 1 heterocycles. The number of imidazole rings is 1. The van der Waals surface area contributed by atoms with Crippen LogP contribution < -0.4 is 0 Å². The Bertz CT molecular complexity index is 1130. The minimum absolute atomic E-state index is 0.0799. The topological polar surface area (TPSA) is 62.8 Å². The molecular formula is C25H24N2O2S. The van der Waals surface area contributed by atoms with Crippen molar-refractivity contribution in [2.75, 3.05) is 5.75 Å². The molecule has 4 nitrogen and oxygen atoms in total. The third-order valence-corrected chi connectivity index (χ3v) is 6.64. The Kier molecular flexibility index (Phi) is 6.10. The van der Waals surface area contributed by atoms with E-state index in [4.69, 9.17) is 4.98 Å². The fourth-order valence-corrected chi connectivity index (χ4v) is 4.95. The van der Waals surface area contributed by atoms with Gasteiger partial charge in [-0.25, -0.2) is 13.4 Å². The Morgan fingerprint density at radius 1 is 0.733 bits per heavy atom. The minimum Gasteiger partial charge on any atom is -0.341 e. The van der Waals surface area contributed by atoms with Crippen LogP contribution in [0.4, 0.5) is 0 Å². The van der Waals surface area contributed by atoms with E-state index < -0.39 is 9.84 Å². The number of sulfone groups is 1. The Hall–Kier alpha value is -3.18. The van der Waals surface area contributed by atoms with Crippen molar-refractivity contribution in [3.63, 3.8) is 0 Å². The fourth-order valence-electron chi connectivity index (χ4n) is 3.52. The van der Waals surface area contributed by atoms with Crippen LogP contribution in [0.2, 0.25) is 0 Å². The van der Waals surface area contributed by atoms with Crippen LogP contribution in [0.1, 0.15) is 17.8 Å². The van der Waals surface area contributed by atoms with Crippen molar-refractivity contribution in [1.29, 1.82) is 0 Å². The second kappa shape index (κ2) is 9.09. The lowest BCUT2D eigenvalue weighted by molar-refractivity contribution is 0.592. The summed E-state index contributed by atoms with van der Waals surface area (Å²) >= 11 is 0. The van der Waals surface area contributed by atoms with Gasteiger partial charge >= 0.3 is 0 Å². The van der Waals surface area contributed by atoms with Gasteiger partial charge in [0.1, 0.15) is 5.82 Å². The zero-order valence-corrected chi connectivity index (χ0v) is 17.5. The van der Waals surface area contributed by atoms with Gasteiger partial charge in [0.2, 0.25) is 0 Å². The molecule has 5 heteroatoms. The van der Waals surface area contributed by atoms with Gasteiger partial charge in [-0.15, -0.1) is 0 Å². The molecule has 0 aliphatic heterocycles. The molecule has 1 N–H and O–H groups in total. The summed E-state index contributed by atoms with van der Waals surface area (Å²) in [5.74, 6) is 1.03. The molecule has 0 saturated heterocycles. The molecule has 0 spiro atoms. The Morgan fingerprint density at radius 2 is 1.30 bits per heavy atom. The number of hydrogen-bond acceptors (Lipinski definition) is 3. The first-order valence-electron chi connectivity index (χ1n) is 10.0. The lowest BCUT2D eigenvalue weighted by Crippen LogP contribution is -2.10. The molecular weight excluding hydrogens is 392 g/mol. The summed E-state index contributed by atoms with van der Waals surface area (Å²) in [4.78, 5) is 8.24. The van der Waals surface area contributed by atoms with E-state index in [2.05, 4.69) is 4.98 Å². The van der Waals surface area contributed by atoms with E-state index in [-0.39, 0.29) is 11.5 Å². The third kappa shape index (κ3) is 5.05. The largest absolute Gasteiger partial charge is 0.341 e. The maximum absolute atomic E-state index is 12.5. The molecule has 30 heavy (non-hydrogen) atoms. The van der Waals surface area contributed by atoms with E-state index in [1.807, 2.05) is 91.0 Å². The van der Waals surface area contributed by atoms with Gasteiger partial charge in [0.25, 0.3) is 0 Å². The monoisotopic (exact) mass is 416 g/mol. The number of rotatable bonds is 8. The van der Waals surface area contributed by atoms with E-state index in [0.717, 1.165) is 33.9 Å². The van der Waals surface area contributed by atoms with Gasteiger partial charge in [0.05, 0.1) is 22.9 Å². The van der Waals surface area contributed by atoms with Crippen LogP contribution in [0.25, 0.3) is 22.5 Å². The maximum Gasteiger partial charge on any atom is 0.154 e. The lowest BCUT2D eigenvalue weighted by atomic mass is 10.1. The van der Waals surface area contributed by atoms with Crippen LogP contribution in [0.15, 0.2) is 91.0 Å². The first-order valence-corrected chi connectivity index (χ1v) is 11.9. The molecule has 0 atom stereocenters. The Balaban J connectivity index is 1.50. The van der Waals surface area contributed by atoms with Crippen molar-refractivity contribution < 1.29 is 8.42 Å². The minimum atomic E-state index is -3.15. The normalized spacial score (nSPS) is 11.5. The first kappa shape index (κ1) is 20.1. The quantitative estimate of drug-likeness (QED) is 0.424. The van der Waals surface area contributed by atoms with Crippen molar-refractivity contribution in [2.45, 2.75) is 18.6 Å². The molecule has 0 bridgehead atoms. The summed E-state index contributed by atoms with van der Waals surface area (Å²) < 4.78 is 24.9. The number of H-pyrrole nitrogens is 1. The molecule has 1 aromatic heterocycles. The molecule has 0 amide bonds. The van der Waals surface area contributed by atoms with E-state index >= 15 is 0 Å². The molecule has 0 aliphatic rings. The van der Waals surface area contributed by atoms with Crippen molar-refractivity contribution in [1.82, 2.24) is 9.97 Å². The summed E-state index contributed by atoms with van der Waals surface area (Å²) in [6.45, 7) is 0. The van der Waals surface area contributed by atoms with Crippen LogP contribution in [0.3, 0.4) is 0 Å². The number of aryl methyl sites for hydroxylation is 1. The van der Waals surface area contributed by atoms with Gasteiger partial charge in [0.15, 0.2) is 9.84 Å². The third-order valence-electron chi connectivity index (χ3n) is 4.96. The van der Waals surface area contributed by atoms with E-state index in [9.17, 15) is 8.42 Å². The van der Waals surface area contributed by atoms with Gasteiger partial charge in [-0.05, 0) is 12.0 Å². The summed E-state index contributed by atoms with van der Waals surface area (Å²) in [6.07, 6.45) is 1.12. The smallest absolute Gasteiger partial charge is 0.154 e. The van der Waals surface area contributed by atoms with Crippen LogP contribution >= 0.6 is 0 Å². The molecule has 4 rings (SSSR count).